The van der Waals surface area contributed by atoms with Crippen molar-refractivity contribution < 1.29 is 9.53 Å². The van der Waals surface area contributed by atoms with Crippen molar-refractivity contribution in [2.24, 2.45) is 17.8 Å². The van der Waals surface area contributed by atoms with E-state index in [2.05, 4.69) is 21.7 Å². The maximum absolute atomic E-state index is 12.4. The number of pyridine rings is 1. The molecule has 1 aromatic carbocycles. The van der Waals surface area contributed by atoms with Gasteiger partial charge in [-0.25, -0.2) is 4.79 Å². The summed E-state index contributed by atoms with van der Waals surface area (Å²) in [5, 5.41) is 7.57. The molecule has 4 aliphatic rings. The Morgan fingerprint density at radius 1 is 1.06 bits per heavy atom. The summed E-state index contributed by atoms with van der Waals surface area (Å²) in [5.74, 6) is 2.41. The summed E-state index contributed by atoms with van der Waals surface area (Å²) in [6.45, 7) is 2.90. The number of nitrogens with one attached hydrogen (secondary N) is 2. The van der Waals surface area contributed by atoms with Gasteiger partial charge in [0.05, 0.1) is 23.5 Å². The fraction of sp³-hybridized carbons (Fsp3) is 0.538. The lowest BCUT2D eigenvalue weighted by Crippen LogP contribution is -2.45. The molecule has 0 spiro atoms. The van der Waals surface area contributed by atoms with Crippen molar-refractivity contribution in [2.45, 2.75) is 64.0 Å². The van der Waals surface area contributed by atoms with E-state index in [0.717, 1.165) is 34.7 Å². The van der Waals surface area contributed by atoms with E-state index in [4.69, 9.17) is 4.74 Å². The molecule has 2 aromatic rings. The molecule has 4 saturated carbocycles. The Hall–Kier alpha value is -2.56. The quantitative estimate of drug-likeness (QED) is 0.569. The molecule has 0 saturated heterocycles. The Balaban J connectivity index is 1.42. The lowest BCUT2D eigenvalue weighted by molar-refractivity contribution is 0.0526. The zero-order valence-electron chi connectivity index (χ0n) is 18.4. The first-order valence-electron chi connectivity index (χ1n) is 11.8. The zero-order valence-corrected chi connectivity index (χ0v) is 18.4. The summed E-state index contributed by atoms with van der Waals surface area (Å²) in [6.07, 6.45) is 13.1. The van der Waals surface area contributed by atoms with Gasteiger partial charge in [-0.05, 0) is 106 Å². The highest BCUT2D eigenvalue weighted by atomic mass is 16.5. The van der Waals surface area contributed by atoms with Crippen LogP contribution in [0.5, 0.6) is 0 Å². The molecule has 0 aliphatic heterocycles. The SMILES string of the molecule is CCOC(=O)c1ccc(NC23CCC4CC(CC(C4)C2)C3)c(NCc2ccncc2)c1. The second kappa shape index (κ2) is 8.52. The summed E-state index contributed by atoms with van der Waals surface area (Å²) in [6, 6.07) is 9.92. The molecule has 1 aromatic heterocycles. The number of carbonyl (C=O) groups is 1. The Morgan fingerprint density at radius 2 is 1.81 bits per heavy atom. The maximum Gasteiger partial charge on any atom is 0.338 e. The van der Waals surface area contributed by atoms with Crippen LogP contribution in [-0.4, -0.2) is 23.1 Å². The number of rotatable bonds is 7. The predicted molar refractivity (Wildman–Crippen MR) is 123 cm³/mol. The number of nitrogens with zero attached hydrogens (tertiary/aromatic N) is 1. The standard InChI is InChI=1S/C26H33N3O2/c1-2-31-25(30)22-3-4-23(24(14-22)28-17-18-6-9-27-10-7-18)29-26-8-5-19-11-20(15-26)13-21(12-19)16-26/h3-4,6-7,9-10,14,19-21,28-29H,2,5,8,11-13,15-17H2,1H3. The fourth-order valence-corrected chi connectivity index (χ4v) is 6.43. The van der Waals surface area contributed by atoms with E-state index in [-0.39, 0.29) is 11.5 Å². The Labute approximate surface area is 185 Å². The first-order valence-corrected chi connectivity index (χ1v) is 11.8. The second-order valence-electron chi connectivity index (χ2n) is 9.85. The van der Waals surface area contributed by atoms with Gasteiger partial charge in [-0.3, -0.25) is 4.98 Å². The molecule has 5 heteroatoms. The van der Waals surface area contributed by atoms with Crippen molar-refractivity contribution in [2.75, 3.05) is 17.2 Å². The molecule has 2 unspecified atom stereocenters. The molecule has 0 amide bonds. The minimum absolute atomic E-state index is 0.192. The molecule has 6 rings (SSSR count). The van der Waals surface area contributed by atoms with E-state index < -0.39 is 0 Å². The maximum atomic E-state index is 12.4. The smallest absolute Gasteiger partial charge is 0.338 e. The molecule has 164 valence electrons. The normalized spacial score (nSPS) is 28.7. The van der Waals surface area contributed by atoms with Crippen molar-refractivity contribution in [1.29, 1.82) is 0 Å². The highest BCUT2D eigenvalue weighted by Gasteiger charge is 2.47. The topological polar surface area (TPSA) is 63.2 Å². The van der Waals surface area contributed by atoms with Crippen LogP contribution >= 0.6 is 0 Å². The largest absolute Gasteiger partial charge is 0.462 e. The van der Waals surface area contributed by atoms with Crippen molar-refractivity contribution in [3.63, 3.8) is 0 Å². The van der Waals surface area contributed by atoms with Gasteiger partial charge < -0.3 is 15.4 Å². The van der Waals surface area contributed by atoms with Gasteiger partial charge in [0.15, 0.2) is 0 Å². The van der Waals surface area contributed by atoms with Gasteiger partial charge in [-0.1, -0.05) is 0 Å². The molecule has 4 bridgehead atoms. The minimum atomic E-state index is -0.271. The summed E-state index contributed by atoms with van der Waals surface area (Å²) < 4.78 is 5.24. The van der Waals surface area contributed by atoms with Gasteiger partial charge >= 0.3 is 5.97 Å². The lowest BCUT2D eigenvalue weighted by atomic mass is 9.65. The highest BCUT2D eigenvalue weighted by Crippen LogP contribution is 2.54. The van der Waals surface area contributed by atoms with Crippen LogP contribution in [0, 0.1) is 17.8 Å². The average Bonchev–Trinajstić information content (AvgIpc) is 2.97. The summed E-state index contributed by atoms with van der Waals surface area (Å²) in [5.41, 5.74) is 4.01. The predicted octanol–water partition coefficient (Wildman–Crippen LogP) is 5.64. The number of aromatic nitrogens is 1. The molecule has 4 fully saturated rings. The van der Waals surface area contributed by atoms with Crippen molar-refractivity contribution in [3.05, 3.63) is 53.9 Å². The van der Waals surface area contributed by atoms with Crippen LogP contribution < -0.4 is 10.6 Å². The van der Waals surface area contributed by atoms with Crippen molar-refractivity contribution in [3.8, 4) is 0 Å². The molecule has 1 heterocycles. The van der Waals surface area contributed by atoms with Gasteiger partial charge in [0.25, 0.3) is 0 Å². The number of hydrogen-bond donors (Lipinski definition) is 2. The van der Waals surface area contributed by atoms with Crippen LogP contribution in [0.1, 0.15) is 67.8 Å². The fourth-order valence-electron chi connectivity index (χ4n) is 6.43. The summed E-state index contributed by atoms with van der Waals surface area (Å²) in [4.78, 5) is 16.5. The monoisotopic (exact) mass is 419 g/mol. The number of carbonyl (C=O) groups excluding carboxylic acids is 1. The number of hydrogen-bond acceptors (Lipinski definition) is 5. The molecule has 31 heavy (non-hydrogen) atoms. The van der Waals surface area contributed by atoms with Gasteiger partial charge in [-0.2, -0.15) is 0 Å². The van der Waals surface area contributed by atoms with Gasteiger partial charge in [0.1, 0.15) is 0 Å². The van der Waals surface area contributed by atoms with Crippen molar-refractivity contribution in [1.82, 2.24) is 4.98 Å². The third-order valence-electron chi connectivity index (χ3n) is 7.55. The molecule has 2 N–H and O–H groups in total. The number of benzene rings is 1. The van der Waals surface area contributed by atoms with E-state index in [0.29, 0.717) is 18.7 Å². The second-order valence-corrected chi connectivity index (χ2v) is 9.85. The number of esters is 1. The number of ether oxygens (including phenoxy) is 1. The molecule has 2 atom stereocenters. The molecular weight excluding hydrogens is 386 g/mol. The zero-order chi connectivity index (χ0) is 21.3. The van der Waals surface area contributed by atoms with Crippen LogP contribution in [-0.2, 0) is 11.3 Å². The van der Waals surface area contributed by atoms with Gasteiger partial charge in [-0.15, -0.1) is 0 Å². The number of fused-ring (bicyclic) bond motifs is 1. The van der Waals surface area contributed by atoms with Crippen LogP contribution in [0.25, 0.3) is 0 Å². The molecular formula is C26H33N3O2. The van der Waals surface area contributed by atoms with Gasteiger partial charge in [0.2, 0.25) is 0 Å². The third-order valence-corrected chi connectivity index (χ3v) is 7.55. The molecule has 4 aliphatic carbocycles. The Morgan fingerprint density at radius 3 is 2.55 bits per heavy atom. The van der Waals surface area contributed by atoms with Crippen LogP contribution in [0.3, 0.4) is 0 Å². The average molecular weight is 420 g/mol. The first kappa shape index (κ1) is 20.3. The van der Waals surface area contributed by atoms with E-state index >= 15 is 0 Å². The molecule has 0 radical (unpaired) electrons. The molecule has 5 nitrogen and oxygen atoms in total. The van der Waals surface area contributed by atoms with Crippen LogP contribution in [0.2, 0.25) is 0 Å². The first-order chi connectivity index (χ1) is 15.1. The Kier molecular flexibility index (Phi) is 5.59. The van der Waals surface area contributed by atoms with Crippen molar-refractivity contribution >= 4 is 17.3 Å². The lowest BCUT2D eigenvalue weighted by Gasteiger charge is -2.46. The van der Waals surface area contributed by atoms with E-state index in [9.17, 15) is 4.79 Å². The third kappa shape index (κ3) is 4.41. The Bertz CT molecular complexity index is 916. The minimum Gasteiger partial charge on any atom is -0.462 e. The summed E-state index contributed by atoms with van der Waals surface area (Å²) in [7, 11) is 0. The summed E-state index contributed by atoms with van der Waals surface area (Å²) >= 11 is 0. The van der Waals surface area contributed by atoms with Crippen LogP contribution in [0.15, 0.2) is 42.7 Å². The van der Waals surface area contributed by atoms with E-state index in [1.165, 1.54) is 44.9 Å². The highest BCUT2D eigenvalue weighted by molar-refractivity contribution is 5.92. The van der Waals surface area contributed by atoms with E-state index in [1.807, 2.05) is 43.6 Å². The number of anilines is 2. The van der Waals surface area contributed by atoms with E-state index in [1.54, 1.807) is 0 Å². The van der Waals surface area contributed by atoms with Crippen LogP contribution in [0.4, 0.5) is 11.4 Å². The van der Waals surface area contributed by atoms with Gasteiger partial charge in [0, 0.05) is 24.5 Å².